The predicted octanol–water partition coefficient (Wildman–Crippen LogP) is 4.53. The van der Waals surface area contributed by atoms with E-state index in [9.17, 15) is 0 Å². The highest BCUT2D eigenvalue weighted by Gasteiger charge is 2.20. The van der Waals surface area contributed by atoms with Crippen molar-refractivity contribution in [3.8, 4) is 45.4 Å². The van der Waals surface area contributed by atoms with E-state index in [4.69, 9.17) is 48.5 Å². The summed E-state index contributed by atoms with van der Waals surface area (Å²) >= 11 is 14.1. The van der Waals surface area contributed by atoms with Gasteiger partial charge in [-0.15, -0.1) is 0 Å². The molecular formula is C33H38Cl2N10O2. The van der Waals surface area contributed by atoms with Crippen LogP contribution in [0.3, 0.4) is 0 Å². The number of nitrogens with two attached hydrogens (primary N) is 1. The van der Waals surface area contributed by atoms with Gasteiger partial charge in [0, 0.05) is 60.7 Å². The molecule has 0 radical (unpaired) electrons. The van der Waals surface area contributed by atoms with Crippen molar-refractivity contribution in [3.63, 3.8) is 0 Å². The van der Waals surface area contributed by atoms with Crippen molar-refractivity contribution in [2.45, 2.75) is 32.0 Å². The molecule has 1 saturated heterocycles. The Morgan fingerprint density at radius 3 is 1.91 bits per heavy atom. The van der Waals surface area contributed by atoms with Gasteiger partial charge in [-0.3, -0.25) is 9.97 Å². The van der Waals surface area contributed by atoms with Gasteiger partial charge in [-0.2, -0.15) is 5.10 Å². The van der Waals surface area contributed by atoms with E-state index in [0.29, 0.717) is 87.2 Å². The summed E-state index contributed by atoms with van der Waals surface area (Å²) in [5, 5.41) is 17.6. The second-order valence-corrected chi connectivity index (χ2v) is 11.6. The maximum Gasteiger partial charge on any atom is 0.237 e. The summed E-state index contributed by atoms with van der Waals surface area (Å²) in [5.41, 5.74) is 6.39. The van der Waals surface area contributed by atoms with Crippen molar-refractivity contribution >= 4 is 29.0 Å². The molecule has 0 spiro atoms. The van der Waals surface area contributed by atoms with Gasteiger partial charge in [-0.05, 0) is 12.8 Å². The van der Waals surface area contributed by atoms with Crippen molar-refractivity contribution in [1.29, 1.82) is 0 Å². The first-order valence-corrected chi connectivity index (χ1v) is 15.8. The highest BCUT2D eigenvalue weighted by molar-refractivity contribution is 6.39. The molecule has 2 aromatic carbocycles. The van der Waals surface area contributed by atoms with Gasteiger partial charge in [0.05, 0.1) is 54.6 Å². The van der Waals surface area contributed by atoms with Gasteiger partial charge >= 0.3 is 0 Å². The molecule has 246 valence electrons. The van der Waals surface area contributed by atoms with Crippen LogP contribution in [-0.2, 0) is 13.1 Å². The number of hydrazone groups is 1. The fourth-order valence-corrected chi connectivity index (χ4v) is 5.95. The Kier molecular flexibility index (Phi) is 11.4. The molecular weight excluding hydrogens is 639 g/mol. The van der Waals surface area contributed by atoms with E-state index in [1.54, 1.807) is 33.7 Å². The van der Waals surface area contributed by atoms with Crippen LogP contribution in [0.1, 0.15) is 24.2 Å². The Morgan fingerprint density at radius 2 is 1.45 bits per heavy atom. The SMILES string of the molecule is C=C1CC[C@@H](CNCc2ncc(-c3cccc(-c4cccc(-c5cnc(CNC/C(=N/N)NC)c(OC)n5)c4Cl)c3Cl)nc2OC)N1. The Morgan fingerprint density at radius 1 is 0.915 bits per heavy atom. The van der Waals surface area contributed by atoms with Gasteiger partial charge in [-0.1, -0.05) is 66.2 Å². The molecule has 5 rings (SSSR count). The van der Waals surface area contributed by atoms with E-state index in [0.717, 1.165) is 36.2 Å². The summed E-state index contributed by atoms with van der Waals surface area (Å²) in [6.07, 6.45) is 5.43. The van der Waals surface area contributed by atoms with Crippen molar-refractivity contribution in [3.05, 3.63) is 82.5 Å². The fraction of sp³-hybridized carbons (Fsp3) is 0.303. The topological polar surface area (TPSA) is 157 Å². The van der Waals surface area contributed by atoms with Crippen molar-refractivity contribution in [2.75, 3.05) is 34.4 Å². The van der Waals surface area contributed by atoms with Gasteiger partial charge < -0.3 is 36.6 Å². The molecule has 0 amide bonds. The fourth-order valence-electron chi connectivity index (χ4n) is 5.30. The minimum atomic E-state index is 0.359. The molecule has 47 heavy (non-hydrogen) atoms. The number of allylic oxidation sites excluding steroid dienone is 1. The largest absolute Gasteiger partial charge is 0.480 e. The molecule has 1 fully saturated rings. The molecule has 3 heterocycles. The van der Waals surface area contributed by atoms with Crippen molar-refractivity contribution < 1.29 is 9.47 Å². The number of benzene rings is 2. The quantitative estimate of drug-likeness (QED) is 0.0587. The van der Waals surface area contributed by atoms with E-state index in [2.05, 4.69) is 42.9 Å². The lowest BCUT2D eigenvalue weighted by molar-refractivity contribution is 0.386. The maximum absolute atomic E-state index is 7.04. The van der Waals surface area contributed by atoms with Crippen LogP contribution in [0.15, 0.2) is 66.2 Å². The molecule has 2 aromatic heterocycles. The van der Waals surface area contributed by atoms with Crippen LogP contribution in [0.4, 0.5) is 0 Å². The van der Waals surface area contributed by atoms with Crippen LogP contribution in [0, 0.1) is 0 Å². The van der Waals surface area contributed by atoms with Crippen LogP contribution in [-0.4, -0.2) is 66.2 Å². The van der Waals surface area contributed by atoms with Crippen LogP contribution in [0.25, 0.3) is 33.6 Å². The lowest BCUT2D eigenvalue weighted by Gasteiger charge is -2.15. The number of aromatic nitrogens is 4. The number of ether oxygens (including phenoxy) is 2. The van der Waals surface area contributed by atoms with Gasteiger partial charge in [0.1, 0.15) is 17.2 Å². The van der Waals surface area contributed by atoms with Gasteiger partial charge in [0.15, 0.2) is 0 Å². The van der Waals surface area contributed by atoms with Crippen LogP contribution >= 0.6 is 23.2 Å². The molecule has 0 saturated carbocycles. The average Bonchev–Trinajstić information content (AvgIpc) is 3.51. The van der Waals surface area contributed by atoms with Gasteiger partial charge in [0.25, 0.3) is 0 Å². The van der Waals surface area contributed by atoms with Crippen LogP contribution < -0.4 is 36.6 Å². The molecule has 1 aliphatic heterocycles. The zero-order valence-electron chi connectivity index (χ0n) is 26.5. The summed E-state index contributed by atoms with van der Waals surface area (Å²) in [6.45, 7) is 6.14. The Hall–Kier alpha value is -4.49. The zero-order chi connectivity index (χ0) is 33.3. The first-order valence-electron chi connectivity index (χ1n) is 15.0. The summed E-state index contributed by atoms with van der Waals surface area (Å²) in [4.78, 5) is 18.7. The Labute approximate surface area is 284 Å². The number of amidine groups is 1. The lowest BCUT2D eigenvalue weighted by Crippen LogP contribution is -2.33. The van der Waals surface area contributed by atoms with E-state index in [1.807, 2.05) is 36.4 Å². The monoisotopic (exact) mass is 676 g/mol. The molecule has 1 aliphatic rings. The first-order chi connectivity index (χ1) is 22.9. The van der Waals surface area contributed by atoms with E-state index in [1.165, 1.54) is 0 Å². The van der Waals surface area contributed by atoms with Gasteiger partial charge in [-0.25, -0.2) is 9.97 Å². The number of halogens is 2. The number of methoxy groups -OCH3 is 2. The van der Waals surface area contributed by atoms with Crippen LogP contribution in [0.5, 0.6) is 11.8 Å². The van der Waals surface area contributed by atoms with Crippen molar-refractivity contribution in [2.24, 2.45) is 10.9 Å². The highest BCUT2D eigenvalue weighted by atomic mass is 35.5. The predicted molar refractivity (Wildman–Crippen MR) is 186 cm³/mol. The minimum absolute atomic E-state index is 0.359. The first kappa shape index (κ1) is 33.9. The minimum Gasteiger partial charge on any atom is -0.480 e. The number of hydrogen-bond donors (Lipinski definition) is 5. The summed E-state index contributed by atoms with van der Waals surface area (Å²) < 4.78 is 11.2. The smallest absolute Gasteiger partial charge is 0.237 e. The number of nitrogens with zero attached hydrogens (tertiary/aromatic N) is 5. The van der Waals surface area contributed by atoms with Crippen LogP contribution in [0.2, 0.25) is 10.0 Å². The molecule has 0 aliphatic carbocycles. The third kappa shape index (κ3) is 7.91. The summed E-state index contributed by atoms with van der Waals surface area (Å²) in [7, 11) is 4.88. The molecule has 6 N–H and O–H groups in total. The van der Waals surface area contributed by atoms with Crippen molar-refractivity contribution in [1.82, 2.24) is 41.2 Å². The normalized spacial score (nSPS) is 14.6. The molecule has 0 bridgehead atoms. The Bertz CT molecular complexity index is 1770. The number of likely N-dealkylation sites (N-methyl/N-ethyl adjacent to an activating group) is 1. The maximum atomic E-state index is 7.04. The third-order valence-corrected chi connectivity index (χ3v) is 8.58. The number of nitrogens with one attached hydrogen (secondary N) is 4. The number of rotatable bonds is 13. The van der Waals surface area contributed by atoms with E-state index < -0.39 is 0 Å². The molecule has 14 heteroatoms. The lowest BCUT2D eigenvalue weighted by atomic mass is 9.98. The molecule has 4 aromatic rings. The number of hydrogen-bond acceptors (Lipinski definition) is 11. The second-order valence-electron chi connectivity index (χ2n) is 10.8. The molecule has 0 unspecified atom stereocenters. The standard InChI is InChI=1S/C33H38Cl2N10O2/c1-19-11-12-20(42-19)13-38-14-27-32(46-3)43-25(16-40-27)23-9-5-7-21(30(23)34)22-8-6-10-24(31(22)35)26-17-41-28(33(44-26)47-4)15-39-18-29(37-2)45-36/h5-10,16-17,20,38-39,42H,1,11-15,18,36H2,2-4H3,(H,37,45)/t20-/m0/s1. The third-order valence-electron chi connectivity index (χ3n) is 7.76. The molecule has 1 atom stereocenters. The Balaban J connectivity index is 1.37. The molecule has 12 nitrogen and oxygen atoms in total. The highest BCUT2D eigenvalue weighted by Crippen LogP contribution is 2.42. The summed E-state index contributed by atoms with van der Waals surface area (Å²) in [5.74, 6) is 6.78. The van der Waals surface area contributed by atoms with Gasteiger partial charge in [0.2, 0.25) is 11.8 Å². The second kappa shape index (κ2) is 15.9. The zero-order valence-corrected chi connectivity index (χ0v) is 28.0. The van der Waals surface area contributed by atoms with E-state index in [-0.39, 0.29) is 0 Å². The summed E-state index contributed by atoms with van der Waals surface area (Å²) in [6, 6.07) is 11.8. The van der Waals surface area contributed by atoms with E-state index >= 15 is 0 Å². The average molecular weight is 678 g/mol.